The van der Waals surface area contributed by atoms with Crippen LogP contribution in [-0.4, -0.2) is 22.2 Å². The molecule has 0 saturated heterocycles. The summed E-state index contributed by atoms with van der Waals surface area (Å²) in [4.78, 5) is 22.6. The van der Waals surface area contributed by atoms with Gasteiger partial charge in [0.1, 0.15) is 0 Å². The van der Waals surface area contributed by atoms with Crippen molar-refractivity contribution < 1.29 is 29.3 Å². The summed E-state index contributed by atoms with van der Waals surface area (Å²) in [6.45, 7) is 6.00. The largest absolute Gasteiger partial charge is 0.481 e. The second-order valence-corrected chi connectivity index (χ2v) is 3.14. The normalized spacial score (nSPS) is 9.33. The summed E-state index contributed by atoms with van der Waals surface area (Å²) < 4.78 is 8.71. The summed E-state index contributed by atoms with van der Waals surface area (Å²) in [5.41, 5.74) is 0.231. The molecule has 94 valence electrons. The Balaban J connectivity index is 2.79. The molecule has 0 aliphatic heterocycles. The van der Waals surface area contributed by atoms with Gasteiger partial charge in [-0.2, -0.15) is 0 Å². The summed E-state index contributed by atoms with van der Waals surface area (Å²) in [6, 6.07) is 5.17. The van der Waals surface area contributed by atoms with E-state index in [-0.39, 0.29) is 11.1 Å². The Morgan fingerprint density at radius 1 is 0.833 bits per heavy atom. The van der Waals surface area contributed by atoms with Gasteiger partial charge in [-0.1, -0.05) is 0 Å². The highest BCUT2D eigenvalue weighted by Crippen LogP contribution is 2.09. The zero-order valence-electron chi connectivity index (χ0n) is 9.25. The predicted molar refractivity (Wildman–Crippen MR) is 60.8 cm³/mol. The minimum Gasteiger partial charge on any atom is -0.481 e. The molecule has 0 atom stereocenters. The molecule has 0 spiro atoms. The summed E-state index contributed by atoms with van der Waals surface area (Å²) in [5, 5.41) is 17.4. The molecule has 18 heavy (non-hydrogen) atoms. The van der Waals surface area contributed by atoms with Crippen LogP contribution in [0.2, 0.25) is 0 Å². The molecule has 0 aliphatic carbocycles. The molecule has 0 saturated carbocycles. The molecular weight excluding hydrogens is 240 g/mol. The third kappa shape index (κ3) is 3.67. The number of hydrogen-bond donors (Lipinski definition) is 2. The molecule has 0 heterocycles. The van der Waals surface area contributed by atoms with Gasteiger partial charge in [-0.25, -0.2) is 9.59 Å². The van der Waals surface area contributed by atoms with Crippen molar-refractivity contribution in [3.05, 3.63) is 60.4 Å². The van der Waals surface area contributed by atoms with Gasteiger partial charge in [0.2, 0.25) is 0 Å². The molecule has 0 bridgehead atoms. The number of hydrogen-bond acceptors (Lipinski definition) is 6. The zero-order valence-corrected chi connectivity index (χ0v) is 9.25. The highest BCUT2D eigenvalue weighted by molar-refractivity contribution is 5.93. The third-order valence-corrected chi connectivity index (χ3v) is 1.78. The Morgan fingerprint density at radius 3 is 1.33 bits per heavy atom. The fraction of sp³-hybridized carbons (Fsp3) is 0. The van der Waals surface area contributed by atoms with Crippen LogP contribution in [0.3, 0.4) is 0 Å². The van der Waals surface area contributed by atoms with Crippen LogP contribution in [0.1, 0.15) is 20.7 Å². The summed E-state index contributed by atoms with van der Waals surface area (Å²) in [5.74, 6) is -3.07. The maximum Gasteiger partial charge on any atom is 0.345 e. The molecule has 0 aromatic heterocycles. The molecule has 1 aromatic rings. The van der Waals surface area contributed by atoms with E-state index in [9.17, 15) is 9.59 Å². The highest BCUT2D eigenvalue weighted by atomic mass is 16.6. The molecule has 0 amide bonds. The number of aliphatic hydroxyl groups is 2. The monoisotopic (exact) mass is 250 g/mol. The summed E-state index contributed by atoms with van der Waals surface area (Å²) in [7, 11) is 0. The van der Waals surface area contributed by atoms with Gasteiger partial charge < -0.3 is 19.7 Å². The molecule has 0 radical (unpaired) electrons. The first kappa shape index (κ1) is 13.3. The van der Waals surface area contributed by atoms with Crippen LogP contribution in [0, 0.1) is 0 Å². The van der Waals surface area contributed by atoms with E-state index in [1.807, 2.05) is 0 Å². The number of carbonyl (C=O) groups is 2. The van der Waals surface area contributed by atoms with E-state index in [1.54, 1.807) is 0 Å². The minimum absolute atomic E-state index is 0.115. The topological polar surface area (TPSA) is 93.1 Å². The van der Waals surface area contributed by atoms with Gasteiger partial charge in [0, 0.05) is 0 Å². The maximum absolute atomic E-state index is 11.3. The number of rotatable bonds is 4. The van der Waals surface area contributed by atoms with Gasteiger partial charge in [-0.05, 0) is 37.4 Å². The van der Waals surface area contributed by atoms with Crippen molar-refractivity contribution in [2.24, 2.45) is 0 Å². The number of carbonyl (C=O) groups excluding carboxylic acids is 2. The Bertz CT molecular complexity index is 453. The first-order chi connectivity index (χ1) is 8.40. The molecule has 0 fully saturated rings. The Hall–Kier alpha value is -2.76. The average Bonchev–Trinajstić information content (AvgIpc) is 2.27. The van der Waals surface area contributed by atoms with Crippen LogP contribution >= 0.6 is 0 Å². The van der Waals surface area contributed by atoms with Crippen LogP contribution in [0.5, 0.6) is 0 Å². The van der Waals surface area contributed by atoms with Crippen molar-refractivity contribution in [3.63, 3.8) is 0 Å². The quantitative estimate of drug-likeness (QED) is 0.627. The fourth-order valence-electron chi connectivity index (χ4n) is 1.07. The van der Waals surface area contributed by atoms with E-state index in [2.05, 4.69) is 22.6 Å². The lowest BCUT2D eigenvalue weighted by atomic mass is 10.1. The lowest BCUT2D eigenvalue weighted by Crippen LogP contribution is -2.07. The molecule has 0 unspecified atom stereocenters. The van der Waals surface area contributed by atoms with E-state index in [4.69, 9.17) is 10.2 Å². The smallest absolute Gasteiger partial charge is 0.345 e. The predicted octanol–water partition coefficient (Wildman–Crippen LogP) is 2.06. The number of ether oxygens (including phenoxy) is 2. The van der Waals surface area contributed by atoms with Crippen molar-refractivity contribution >= 4 is 11.9 Å². The highest BCUT2D eigenvalue weighted by Gasteiger charge is 2.12. The molecule has 1 rings (SSSR count). The number of benzene rings is 1. The van der Waals surface area contributed by atoms with Crippen molar-refractivity contribution in [3.8, 4) is 0 Å². The van der Waals surface area contributed by atoms with Crippen molar-refractivity contribution in [2.45, 2.75) is 0 Å². The van der Waals surface area contributed by atoms with Crippen LogP contribution in [0.4, 0.5) is 0 Å². The van der Waals surface area contributed by atoms with E-state index in [0.29, 0.717) is 0 Å². The van der Waals surface area contributed by atoms with Crippen LogP contribution in [0.15, 0.2) is 49.3 Å². The maximum atomic E-state index is 11.3. The van der Waals surface area contributed by atoms with Gasteiger partial charge in [0.15, 0.2) is 0 Å². The SMILES string of the molecule is C=C(O)OC(=O)c1ccc(C(=O)OC(=C)O)cc1. The summed E-state index contributed by atoms with van der Waals surface area (Å²) in [6.07, 6.45) is 0. The standard InChI is InChI=1S/C12H10O6/c1-7(13)17-11(15)9-3-5-10(6-4-9)12(16)18-8(2)14/h3-6,13-14H,1-2H2. The molecule has 1 aromatic carbocycles. The zero-order chi connectivity index (χ0) is 13.7. The van der Waals surface area contributed by atoms with E-state index >= 15 is 0 Å². The van der Waals surface area contributed by atoms with E-state index in [1.165, 1.54) is 24.3 Å². The van der Waals surface area contributed by atoms with Gasteiger partial charge in [-0.3, -0.25) is 0 Å². The molecule has 6 nitrogen and oxygen atoms in total. The van der Waals surface area contributed by atoms with Crippen LogP contribution < -0.4 is 0 Å². The third-order valence-electron chi connectivity index (χ3n) is 1.78. The Kier molecular flexibility index (Phi) is 4.09. The average molecular weight is 250 g/mol. The lowest BCUT2D eigenvalue weighted by molar-refractivity contribution is 0.0434. The first-order valence-corrected chi connectivity index (χ1v) is 4.70. The van der Waals surface area contributed by atoms with E-state index < -0.39 is 23.8 Å². The van der Waals surface area contributed by atoms with E-state index in [0.717, 1.165) is 0 Å². The van der Waals surface area contributed by atoms with Gasteiger partial charge in [-0.15, -0.1) is 0 Å². The second-order valence-electron chi connectivity index (χ2n) is 3.14. The molecular formula is C12H10O6. The lowest BCUT2D eigenvalue weighted by Gasteiger charge is -2.03. The Labute approximate surface area is 102 Å². The fourth-order valence-corrected chi connectivity index (χ4v) is 1.07. The first-order valence-electron chi connectivity index (χ1n) is 4.70. The van der Waals surface area contributed by atoms with Gasteiger partial charge >= 0.3 is 11.9 Å². The molecule has 6 heteroatoms. The minimum atomic E-state index is -0.811. The number of aliphatic hydroxyl groups excluding tert-OH is 2. The number of esters is 2. The van der Waals surface area contributed by atoms with Gasteiger partial charge in [0.05, 0.1) is 11.1 Å². The summed E-state index contributed by atoms with van der Waals surface area (Å²) >= 11 is 0. The van der Waals surface area contributed by atoms with Crippen LogP contribution in [-0.2, 0) is 9.47 Å². The Morgan fingerprint density at radius 2 is 1.11 bits per heavy atom. The molecule has 2 N–H and O–H groups in total. The van der Waals surface area contributed by atoms with Crippen molar-refractivity contribution in [1.82, 2.24) is 0 Å². The van der Waals surface area contributed by atoms with Crippen LogP contribution in [0.25, 0.3) is 0 Å². The van der Waals surface area contributed by atoms with Crippen molar-refractivity contribution in [2.75, 3.05) is 0 Å². The second kappa shape index (κ2) is 5.53. The van der Waals surface area contributed by atoms with Crippen molar-refractivity contribution in [1.29, 1.82) is 0 Å². The molecule has 0 aliphatic rings. The van der Waals surface area contributed by atoms with Gasteiger partial charge in [0.25, 0.3) is 11.9 Å².